The van der Waals surface area contributed by atoms with Gasteiger partial charge in [0.2, 0.25) is 0 Å². The molecule has 0 N–H and O–H groups in total. The van der Waals surface area contributed by atoms with E-state index in [4.69, 9.17) is 17.7 Å². The Hall–Kier alpha value is -12.1. The van der Waals surface area contributed by atoms with Crippen LogP contribution in [0.3, 0.4) is 0 Å². The SMILES string of the molecule is CC1(C)c2ccccc2-c2ccc(-c3cc4c5ccc6c7ccccc7oc6c5n5c4c(c3)c3ccc4c6cc(-c7cccc8oc9c(ccc%10c%11cc(-c%12cccc%13c%12C(C)(C)c%12ccccc%12-%13)cc%12c%13ccc%14c%15ccccc%15oc%14c%13n(c%12%11)c%109)c78)ccc6oc4c35)cc21. The fraction of sp³-hybridized carbons (Fsp3) is 0.0667. The van der Waals surface area contributed by atoms with Crippen LogP contribution in [0.25, 0.3) is 220 Å². The number of hydrogen-bond donors (Lipinski definition) is 0. The maximum Gasteiger partial charge on any atom is 0.160 e. The molecule has 22 aromatic rings. The molecule has 0 amide bonds. The summed E-state index contributed by atoms with van der Waals surface area (Å²) < 4.78 is 33.6. The maximum absolute atomic E-state index is 7.37. The molecule has 8 heterocycles. The van der Waals surface area contributed by atoms with E-state index in [-0.39, 0.29) is 10.8 Å². The number of rotatable bonds is 3. The predicted octanol–water partition coefficient (Wildman–Crippen LogP) is 25.2. The van der Waals surface area contributed by atoms with E-state index in [0.29, 0.717) is 0 Å². The monoisotopic (exact) mass is 1220 g/mol. The second kappa shape index (κ2) is 16.8. The molecular formula is C90H52N2O4. The molecule has 0 aliphatic heterocycles. The molecule has 14 aromatic carbocycles. The van der Waals surface area contributed by atoms with E-state index in [2.05, 4.69) is 279 Å². The molecule has 0 saturated carbocycles. The summed E-state index contributed by atoms with van der Waals surface area (Å²) in [6.45, 7) is 9.50. The molecule has 0 atom stereocenters. The van der Waals surface area contributed by atoms with Crippen LogP contribution in [-0.2, 0) is 10.8 Å². The minimum absolute atomic E-state index is 0.129. The van der Waals surface area contributed by atoms with Gasteiger partial charge in [0.15, 0.2) is 22.3 Å². The third-order valence-electron chi connectivity index (χ3n) is 23.1. The van der Waals surface area contributed by atoms with Gasteiger partial charge >= 0.3 is 0 Å². The molecule has 0 fully saturated rings. The Bertz CT molecular complexity index is 7390. The molecule has 2 aliphatic rings. The van der Waals surface area contributed by atoms with Crippen LogP contribution in [0, 0.1) is 0 Å². The Kier molecular flexibility index (Phi) is 8.83. The number of benzene rings is 14. The van der Waals surface area contributed by atoms with Crippen LogP contribution < -0.4 is 0 Å². The van der Waals surface area contributed by atoms with Crippen molar-refractivity contribution < 1.29 is 17.7 Å². The second-order valence-electron chi connectivity index (χ2n) is 28.5. The van der Waals surface area contributed by atoms with Crippen LogP contribution in [0.1, 0.15) is 49.9 Å². The first-order valence-corrected chi connectivity index (χ1v) is 33.5. The maximum atomic E-state index is 7.37. The number of para-hydroxylation sites is 2. The second-order valence-corrected chi connectivity index (χ2v) is 28.5. The molecule has 8 aromatic heterocycles. The number of nitrogens with zero attached hydrogens (tertiary/aromatic N) is 2. The van der Waals surface area contributed by atoms with Gasteiger partial charge in [-0.15, -0.1) is 0 Å². The summed E-state index contributed by atoms with van der Waals surface area (Å²) in [5.74, 6) is 0. The van der Waals surface area contributed by atoms with Gasteiger partial charge in [-0.3, -0.25) is 0 Å². The van der Waals surface area contributed by atoms with Gasteiger partial charge in [0, 0.05) is 97.0 Å². The molecule has 0 radical (unpaired) electrons. The van der Waals surface area contributed by atoms with E-state index in [1.165, 1.54) is 88.3 Å². The molecule has 96 heavy (non-hydrogen) atoms. The van der Waals surface area contributed by atoms with Crippen molar-refractivity contribution in [3.8, 4) is 55.6 Å². The largest absolute Gasteiger partial charge is 0.454 e. The summed E-state index contributed by atoms with van der Waals surface area (Å²) in [5, 5.41) is 18.0. The van der Waals surface area contributed by atoms with E-state index in [0.717, 1.165) is 154 Å². The summed E-state index contributed by atoms with van der Waals surface area (Å²) in [4.78, 5) is 0. The van der Waals surface area contributed by atoms with Crippen LogP contribution in [0.4, 0.5) is 0 Å². The van der Waals surface area contributed by atoms with E-state index >= 15 is 0 Å². The highest BCUT2D eigenvalue weighted by Gasteiger charge is 2.39. The fourth-order valence-electron chi connectivity index (χ4n) is 19.0. The van der Waals surface area contributed by atoms with Gasteiger partial charge in [-0.25, -0.2) is 0 Å². The molecule has 0 bridgehead atoms. The number of fused-ring (bicyclic) bond motifs is 34. The van der Waals surface area contributed by atoms with Gasteiger partial charge in [0.1, 0.15) is 22.3 Å². The molecule has 6 heteroatoms. The number of furan rings is 4. The van der Waals surface area contributed by atoms with Crippen LogP contribution >= 0.6 is 0 Å². The zero-order chi connectivity index (χ0) is 62.7. The molecule has 24 rings (SSSR count). The average molecular weight is 1230 g/mol. The Labute approximate surface area is 546 Å². The van der Waals surface area contributed by atoms with Crippen molar-refractivity contribution in [1.29, 1.82) is 0 Å². The average Bonchev–Trinajstić information content (AvgIpc) is 1.52. The van der Waals surface area contributed by atoms with Gasteiger partial charge in [0.05, 0.1) is 33.1 Å². The lowest BCUT2D eigenvalue weighted by Crippen LogP contribution is -2.16. The molecule has 446 valence electrons. The number of hydrogen-bond acceptors (Lipinski definition) is 4. The van der Waals surface area contributed by atoms with Gasteiger partial charge in [-0.05, 0) is 163 Å². The molecular weight excluding hydrogens is 1170 g/mol. The Morgan fingerprint density at radius 1 is 0.229 bits per heavy atom. The van der Waals surface area contributed by atoms with Crippen molar-refractivity contribution in [2.45, 2.75) is 38.5 Å². The first-order chi connectivity index (χ1) is 47.1. The lowest BCUT2D eigenvalue weighted by Gasteiger charge is -2.24. The molecule has 0 spiro atoms. The minimum Gasteiger partial charge on any atom is -0.454 e. The Balaban J connectivity index is 0.731. The Morgan fingerprint density at radius 2 is 0.635 bits per heavy atom. The van der Waals surface area contributed by atoms with Gasteiger partial charge < -0.3 is 26.5 Å². The third-order valence-corrected chi connectivity index (χ3v) is 23.1. The number of aromatic nitrogens is 2. The normalized spacial score (nSPS) is 14.4. The summed E-state index contributed by atoms with van der Waals surface area (Å²) in [6.07, 6.45) is 0. The smallest absolute Gasteiger partial charge is 0.160 e. The Morgan fingerprint density at radius 3 is 1.25 bits per heavy atom. The van der Waals surface area contributed by atoms with Gasteiger partial charge in [-0.1, -0.05) is 185 Å². The third kappa shape index (κ3) is 5.88. The van der Waals surface area contributed by atoms with Crippen molar-refractivity contribution in [1.82, 2.24) is 8.80 Å². The van der Waals surface area contributed by atoms with Crippen molar-refractivity contribution in [2.75, 3.05) is 0 Å². The quantitative estimate of drug-likeness (QED) is 0.177. The van der Waals surface area contributed by atoms with Crippen molar-refractivity contribution in [3.05, 3.63) is 265 Å². The molecule has 0 saturated heterocycles. The highest BCUT2D eigenvalue weighted by molar-refractivity contribution is 6.35. The lowest BCUT2D eigenvalue weighted by atomic mass is 9.78. The molecule has 6 nitrogen and oxygen atoms in total. The van der Waals surface area contributed by atoms with E-state index in [9.17, 15) is 0 Å². The fourth-order valence-corrected chi connectivity index (χ4v) is 19.0. The summed E-state index contributed by atoms with van der Waals surface area (Å²) >= 11 is 0. The zero-order valence-electron chi connectivity index (χ0n) is 52.6. The summed E-state index contributed by atoms with van der Waals surface area (Å²) in [6, 6.07) is 90.0. The van der Waals surface area contributed by atoms with Crippen molar-refractivity contribution >= 4 is 164 Å². The molecule has 0 unspecified atom stereocenters. The van der Waals surface area contributed by atoms with Crippen molar-refractivity contribution in [2.24, 2.45) is 0 Å². The summed E-state index contributed by atoms with van der Waals surface area (Å²) in [5.41, 5.74) is 30.8. The topological polar surface area (TPSA) is 61.4 Å². The van der Waals surface area contributed by atoms with Crippen LogP contribution in [0.15, 0.2) is 260 Å². The minimum atomic E-state index is -0.193. The zero-order valence-corrected chi connectivity index (χ0v) is 52.6. The summed E-state index contributed by atoms with van der Waals surface area (Å²) in [7, 11) is 0. The van der Waals surface area contributed by atoms with Crippen LogP contribution in [-0.4, -0.2) is 8.80 Å². The first-order valence-electron chi connectivity index (χ1n) is 33.5. The van der Waals surface area contributed by atoms with E-state index in [1.807, 2.05) is 0 Å². The van der Waals surface area contributed by atoms with Gasteiger partial charge in [-0.2, -0.15) is 0 Å². The molecule has 2 aliphatic carbocycles. The highest BCUT2D eigenvalue weighted by atomic mass is 16.3. The van der Waals surface area contributed by atoms with E-state index < -0.39 is 0 Å². The highest BCUT2D eigenvalue weighted by Crippen LogP contribution is 2.56. The van der Waals surface area contributed by atoms with Gasteiger partial charge in [0.25, 0.3) is 0 Å². The lowest BCUT2D eigenvalue weighted by molar-refractivity contribution is 0.660. The predicted molar refractivity (Wildman–Crippen MR) is 396 cm³/mol. The standard InChI is InChI=1S/C90H52N2O4/c1-89(2)70-22-9-5-15-51(70)53-29-27-45(44-72(53)89)47-40-66-57-30-34-61-54-17-7-11-24-73(54)93-85(61)81(57)91-79(66)67(41-47)58-32-36-63-65-39-46(28-38-75(65)95-87(63)83(58)91)49-19-14-26-76-77(49)64-37-33-60-69-43-48(50-20-13-21-56-52-16-6-10-23-71(52)90(3,4)78(50)56)42-68-59-31-35-62-55-18-8-12-25-74(55)94-86(62)82(59)92(80(68)69)84(60)88(64)96-76/h5-44H,1-4H3. The first kappa shape index (κ1) is 50.4. The van der Waals surface area contributed by atoms with Crippen LogP contribution in [0.2, 0.25) is 0 Å². The van der Waals surface area contributed by atoms with Crippen LogP contribution in [0.5, 0.6) is 0 Å². The van der Waals surface area contributed by atoms with Crippen molar-refractivity contribution in [3.63, 3.8) is 0 Å². The van der Waals surface area contributed by atoms with E-state index in [1.54, 1.807) is 0 Å².